The molecule has 0 unspecified atom stereocenters. The molecule has 90 valence electrons. The molecule has 2 aromatic rings. The van der Waals surface area contributed by atoms with Gasteiger partial charge in [0.2, 0.25) is 0 Å². The standard InChI is InChI=1S/C13H9BrN2O2/c14-12-5-11(13(17)18)8-16(12)7-10-3-1-9(6-15)2-4-10/h1-5,8H,7H2,(H,17,18). The third-order valence-electron chi connectivity index (χ3n) is 2.53. The number of hydrogen-bond donors (Lipinski definition) is 1. The van der Waals surface area contributed by atoms with Gasteiger partial charge in [0.1, 0.15) is 0 Å². The van der Waals surface area contributed by atoms with Crippen LogP contribution in [0, 0.1) is 11.3 Å². The quantitative estimate of drug-likeness (QED) is 0.948. The van der Waals surface area contributed by atoms with Crippen LogP contribution in [-0.4, -0.2) is 15.6 Å². The molecule has 0 aliphatic rings. The number of carbonyl (C=O) groups is 1. The number of benzene rings is 1. The van der Waals surface area contributed by atoms with Crippen LogP contribution in [0.3, 0.4) is 0 Å². The van der Waals surface area contributed by atoms with Gasteiger partial charge in [0, 0.05) is 12.7 Å². The molecule has 0 fully saturated rings. The largest absolute Gasteiger partial charge is 0.478 e. The number of carboxylic acid groups (broad SMARTS) is 1. The first-order valence-corrected chi connectivity index (χ1v) is 5.97. The number of nitrogens with zero attached hydrogens (tertiary/aromatic N) is 2. The molecule has 1 aromatic carbocycles. The van der Waals surface area contributed by atoms with Gasteiger partial charge in [-0.05, 0) is 39.7 Å². The summed E-state index contributed by atoms with van der Waals surface area (Å²) in [6.07, 6.45) is 1.57. The lowest BCUT2D eigenvalue weighted by molar-refractivity contribution is 0.0697. The number of carboxylic acids is 1. The summed E-state index contributed by atoms with van der Waals surface area (Å²) in [4.78, 5) is 10.8. The lowest BCUT2D eigenvalue weighted by Crippen LogP contribution is -1.99. The van der Waals surface area contributed by atoms with Gasteiger partial charge in [-0.25, -0.2) is 4.79 Å². The molecular weight excluding hydrogens is 296 g/mol. The van der Waals surface area contributed by atoms with E-state index in [1.165, 1.54) is 0 Å². The maximum Gasteiger partial charge on any atom is 0.337 e. The molecule has 0 atom stereocenters. The first-order chi connectivity index (χ1) is 8.60. The SMILES string of the molecule is N#Cc1ccc(Cn2cc(C(=O)O)cc2Br)cc1. The van der Waals surface area contributed by atoms with Crippen LogP contribution in [0.1, 0.15) is 21.5 Å². The summed E-state index contributed by atoms with van der Waals surface area (Å²) in [5.74, 6) is -0.950. The summed E-state index contributed by atoms with van der Waals surface area (Å²) in [6.45, 7) is 0.555. The number of halogens is 1. The zero-order chi connectivity index (χ0) is 13.1. The zero-order valence-electron chi connectivity index (χ0n) is 9.30. The Kier molecular flexibility index (Phi) is 3.49. The predicted molar refractivity (Wildman–Crippen MR) is 69.4 cm³/mol. The molecular formula is C13H9BrN2O2. The Morgan fingerprint density at radius 2 is 2.06 bits per heavy atom. The molecule has 0 saturated carbocycles. The molecule has 0 amide bonds. The Morgan fingerprint density at radius 1 is 1.39 bits per heavy atom. The summed E-state index contributed by atoms with van der Waals surface area (Å²) < 4.78 is 2.51. The van der Waals surface area contributed by atoms with Gasteiger partial charge in [0.05, 0.1) is 21.8 Å². The van der Waals surface area contributed by atoms with E-state index in [-0.39, 0.29) is 5.56 Å². The maximum absolute atomic E-state index is 10.8. The van der Waals surface area contributed by atoms with Crippen LogP contribution in [0.2, 0.25) is 0 Å². The van der Waals surface area contributed by atoms with Crippen molar-refractivity contribution in [2.75, 3.05) is 0 Å². The second-order valence-corrected chi connectivity index (χ2v) is 4.61. The lowest BCUT2D eigenvalue weighted by Gasteiger charge is -2.05. The van der Waals surface area contributed by atoms with Crippen LogP contribution in [0.4, 0.5) is 0 Å². The Labute approximate surface area is 112 Å². The molecule has 2 rings (SSSR count). The van der Waals surface area contributed by atoms with E-state index in [1.807, 2.05) is 12.1 Å². The van der Waals surface area contributed by atoms with Crippen LogP contribution >= 0.6 is 15.9 Å². The number of aromatic carboxylic acids is 1. The van der Waals surface area contributed by atoms with Crippen molar-refractivity contribution in [1.82, 2.24) is 4.57 Å². The molecule has 18 heavy (non-hydrogen) atoms. The molecule has 1 N–H and O–H groups in total. The van der Waals surface area contributed by atoms with Crippen LogP contribution in [0.25, 0.3) is 0 Å². The topological polar surface area (TPSA) is 66.0 Å². The van der Waals surface area contributed by atoms with Gasteiger partial charge in [-0.1, -0.05) is 12.1 Å². The van der Waals surface area contributed by atoms with Crippen molar-refractivity contribution in [3.63, 3.8) is 0 Å². The summed E-state index contributed by atoms with van der Waals surface area (Å²) in [5.41, 5.74) is 1.86. The average molecular weight is 305 g/mol. The first-order valence-electron chi connectivity index (χ1n) is 5.18. The highest BCUT2D eigenvalue weighted by atomic mass is 79.9. The fourth-order valence-electron chi connectivity index (χ4n) is 1.60. The average Bonchev–Trinajstić information content (AvgIpc) is 2.72. The highest BCUT2D eigenvalue weighted by Crippen LogP contribution is 2.17. The minimum atomic E-state index is -0.950. The van der Waals surface area contributed by atoms with Gasteiger partial charge >= 0.3 is 5.97 Å². The lowest BCUT2D eigenvalue weighted by atomic mass is 10.1. The molecule has 1 aromatic heterocycles. The van der Waals surface area contributed by atoms with E-state index in [9.17, 15) is 4.79 Å². The monoisotopic (exact) mass is 304 g/mol. The molecule has 0 aliphatic heterocycles. The van der Waals surface area contributed by atoms with Crippen LogP contribution in [-0.2, 0) is 6.54 Å². The van der Waals surface area contributed by atoms with Crippen LogP contribution in [0.15, 0.2) is 41.1 Å². The number of rotatable bonds is 3. The molecule has 1 heterocycles. The highest BCUT2D eigenvalue weighted by molar-refractivity contribution is 9.10. The van der Waals surface area contributed by atoms with Crippen molar-refractivity contribution < 1.29 is 9.90 Å². The summed E-state index contributed by atoms with van der Waals surface area (Å²) in [6, 6.07) is 10.8. The Balaban J connectivity index is 2.23. The van der Waals surface area contributed by atoms with Crippen molar-refractivity contribution in [1.29, 1.82) is 5.26 Å². The van der Waals surface area contributed by atoms with Gasteiger partial charge < -0.3 is 9.67 Å². The van der Waals surface area contributed by atoms with Crippen molar-refractivity contribution in [3.8, 4) is 6.07 Å². The van der Waals surface area contributed by atoms with E-state index >= 15 is 0 Å². The maximum atomic E-state index is 10.8. The van der Waals surface area contributed by atoms with Crippen molar-refractivity contribution in [2.24, 2.45) is 0 Å². The van der Waals surface area contributed by atoms with Crippen molar-refractivity contribution in [3.05, 3.63) is 57.8 Å². The second-order valence-electron chi connectivity index (χ2n) is 3.79. The number of aromatic nitrogens is 1. The van der Waals surface area contributed by atoms with Crippen molar-refractivity contribution in [2.45, 2.75) is 6.54 Å². The Bertz CT molecular complexity index is 623. The molecule has 0 bridgehead atoms. The number of nitriles is 1. The minimum Gasteiger partial charge on any atom is -0.478 e. The molecule has 0 saturated heterocycles. The zero-order valence-corrected chi connectivity index (χ0v) is 10.9. The smallest absolute Gasteiger partial charge is 0.337 e. The van der Waals surface area contributed by atoms with Gasteiger partial charge in [0.15, 0.2) is 0 Å². The molecule has 4 nitrogen and oxygen atoms in total. The number of hydrogen-bond acceptors (Lipinski definition) is 2. The fraction of sp³-hybridized carbons (Fsp3) is 0.0769. The summed E-state index contributed by atoms with van der Waals surface area (Å²) in [7, 11) is 0. The third-order valence-corrected chi connectivity index (χ3v) is 3.21. The van der Waals surface area contributed by atoms with E-state index in [4.69, 9.17) is 10.4 Å². The van der Waals surface area contributed by atoms with E-state index < -0.39 is 5.97 Å². The highest BCUT2D eigenvalue weighted by Gasteiger charge is 2.09. The van der Waals surface area contributed by atoms with Gasteiger partial charge in [-0.3, -0.25) is 0 Å². The Morgan fingerprint density at radius 3 is 2.56 bits per heavy atom. The first kappa shape index (κ1) is 12.4. The minimum absolute atomic E-state index is 0.246. The van der Waals surface area contributed by atoms with E-state index in [0.29, 0.717) is 16.7 Å². The predicted octanol–water partition coefficient (Wildman–Crippen LogP) is 2.87. The van der Waals surface area contributed by atoms with Gasteiger partial charge in [0.25, 0.3) is 0 Å². The third kappa shape index (κ3) is 2.60. The Hall–Kier alpha value is -2.06. The van der Waals surface area contributed by atoms with Crippen LogP contribution in [0.5, 0.6) is 0 Å². The molecule has 0 radical (unpaired) electrons. The van der Waals surface area contributed by atoms with Crippen molar-refractivity contribution >= 4 is 21.9 Å². The van der Waals surface area contributed by atoms with Crippen LogP contribution < -0.4 is 0 Å². The van der Waals surface area contributed by atoms with Gasteiger partial charge in [-0.15, -0.1) is 0 Å². The second kappa shape index (κ2) is 5.07. The molecule has 0 spiro atoms. The normalized spacial score (nSPS) is 10.0. The van der Waals surface area contributed by atoms with Gasteiger partial charge in [-0.2, -0.15) is 5.26 Å². The summed E-state index contributed by atoms with van der Waals surface area (Å²) in [5, 5.41) is 17.6. The molecule has 0 aliphatic carbocycles. The molecule has 5 heteroatoms. The fourth-order valence-corrected chi connectivity index (χ4v) is 2.07. The van der Waals surface area contributed by atoms with E-state index in [1.54, 1.807) is 29.0 Å². The van der Waals surface area contributed by atoms with E-state index in [0.717, 1.165) is 5.56 Å². The summed E-state index contributed by atoms with van der Waals surface area (Å²) >= 11 is 3.32. The van der Waals surface area contributed by atoms with E-state index in [2.05, 4.69) is 22.0 Å².